The van der Waals surface area contributed by atoms with E-state index in [0.717, 1.165) is 0 Å². The Morgan fingerprint density at radius 2 is 1.74 bits per heavy atom. The zero-order valence-electron chi connectivity index (χ0n) is 17.1. The lowest BCUT2D eigenvalue weighted by atomic mass is 10.2. The number of rotatable bonds is 5. The van der Waals surface area contributed by atoms with Gasteiger partial charge in [0.15, 0.2) is 11.4 Å². The number of ether oxygens (including phenoxy) is 2. The molecule has 0 radical (unpaired) electrons. The molecule has 0 atom stereocenters. The molecule has 3 aromatic rings. The summed E-state index contributed by atoms with van der Waals surface area (Å²) in [5.41, 5.74) is 0.553. The van der Waals surface area contributed by atoms with E-state index in [1.165, 1.54) is 24.3 Å². The fraction of sp³-hybridized carbons (Fsp3) is 0. The molecule has 0 aliphatic carbocycles. The number of nitro groups is 1. The van der Waals surface area contributed by atoms with Gasteiger partial charge in [0.2, 0.25) is 5.90 Å². The number of nitrogens with zero attached hydrogens (tertiary/aromatic N) is 2. The zero-order valence-corrected chi connectivity index (χ0v) is 21.8. The third kappa shape index (κ3) is 5.46. The van der Waals surface area contributed by atoms with Gasteiger partial charge >= 0.3 is 11.9 Å². The molecule has 1 aliphatic heterocycles. The minimum atomic E-state index is -0.760. The van der Waals surface area contributed by atoms with E-state index in [2.05, 4.69) is 36.9 Å². The van der Waals surface area contributed by atoms with Crippen molar-refractivity contribution < 1.29 is 24.0 Å². The van der Waals surface area contributed by atoms with E-state index < -0.39 is 16.9 Å². The second-order valence-corrected chi connectivity index (χ2v) is 9.46. The van der Waals surface area contributed by atoms with E-state index in [9.17, 15) is 19.7 Å². The number of nitro benzene ring substituents is 1. The van der Waals surface area contributed by atoms with Gasteiger partial charge in [-0.2, -0.15) is 0 Å². The van der Waals surface area contributed by atoms with Gasteiger partial charge in [0, 0.05) is 12.1 Å². The smallest absolute Gasteiger partial charge is 0.363 e. The molecule has 0 bridgehead atoms. The van der Waals surface area contributed by atoms with Crippen molar-refractivity contribution in [2.45, 2.75) is 0 Å². The lowest BCUT2D eigenvalue weighted by Gasteiger charge is -2.10. The molecule has 0 saturated carbocycles. The van der Waals surface area contributed by atoms with Crippen molar-refractivity contribution in [2.24, 2.45) is 4.99 Å². The van der Waals surface area contributed by atoms with Crippen molar-refractivity contribution in [3.8, 4) is 5.75 Å². The summed E-state index contributed by atoms with van der Waals surface area (Å²) in [6.45, 7) is 0. The summed E-state index contributed by atoms with van der Waals surface area (Å²) in [4.78, 5) is 39.5. The molecule has 0 fully saturated rings. The average Bonchev–Trinajstić information content (AvgIpc) is 3.16. The maximum absolute atomic E-state index is 12.5. The molecular weight excluding hydrogens is 631 g/mol. The number of cyclic esters (lactones) is 1. The van der Waals surface area contributed by atoms with Crippen LogP contribution in [-0.4, -0.2) is 22.8 Å². The largest absolute Gasteiger partial charge is 0.420 e. The van der Waals surface area contributed by atoms with Crippen LogP contribution in [0.3, 0.4) is 0 Å². The van der Waals surface area contributed by atoms with Crippen molar-refractivity contribution in [1.29, 1.82) is 0 Å². The predicted octanol–water partition coefficient (Wildman–Crippen LogP) is 6.99. The van der Waals surface area contributed by atoms with E-state index in [1.54, 1.807) is 36.4 Å². The van der Waals surface area contributed by atoms with Crippen LogP contribution in [0, 0.1) is 10.1 Å². The summed E-state index contributed by atoms with van der Waals surface area (Å²) in [6, 6.07) is 13.4. The Kier molecular flexibility index (Phi) is 7.36. The summed E-state index contributed by atoms with van der Waals surface area (Å²) >= 11 is 18.9. The molecular formula is C23H10Br2Cl2N2O6. The van der Waals surface area contributed by atoms with Crippen molar-refractivity contribution in [3.63, 3.8) is 0 Å². The third-order valence-corrected chi connectivity index (χ3v) is 6.46. The van der Waals surface area contributed by atoms with Crippen LogP contribution in [0.25, 0.3) is 6.08 Å². The maximum Gasteiger partial charge on any atom is 0.363 e. The quantitative estimate of drug-likeness (QED) is 0.0978. The fourth-order valence-corrected chi connectivity index (χ4v) is 4.80. The summed E-state index contributed by atoms with van der Waals surface area (Å²) in [5, 5.41) is 11.5. The highest BCUT2D eigenvalue weighted by Gasteiger charge is 2.27. The number of aliphatic imine (C=N–C) groups is 1. The van der Waals surface area contributed by atoms with Gasteiger partial charge in [-0.3, -0.25) is 10.1 Å². The van der Waals surface area contributed by atoms with E-state index in [-0.39, 0.29) is 44.2 Å². The first-order valence-corrected chi connectivity index (χ1v) is 11.9. The summed E-state index contributed by atoms with van der Waals surface area (Å²) in [5.74, 6) is -1.36. The Hall–Kier alpha value is -3.05. The number of benzene rings is 3. The highest BCUT2D eigenvalue weighted by atomic mass is 79.9. The number of halogens is 4. The Balaban J connectivity index is 1.63. The number of hydrogen-bond donors (Lipinski definition) is 0. The lowest BCUT2D eigenvalue weighted by Crippen LogP contribution is -2.10. The van der Waals surface area contributed by atoms with E-state index in [1.807, 2.05) is 0 Å². The molecule has 12 heteroatoms. The van der Waals surface area contributed by atoms with Gasteiger partial charge in [-0.1, -0.05) is 35.3 Å². The normalized spacial score (nSPS) is 14.0. The number of non-ortho nitro benzene ring substituents is 1. The highest BCUT2D eigenvalue weighted by molar-refractivity contribution is 9.11. The molecule has 0 aromatic heterocycles. The second-order valence-electron chi connectivity index (χ2n) is 6.94. The van der Waals surface area contributed by atoms with Gasteiger partial charge < -0.3 is 9.47 Å². The first-order chi connectivity index (χ1) is 16.6. The third-order valence-electron chi connectivity index (χ3n) is 4.62. The van der Waals surface area contributed by atoms with Crippen LogP contribution < -0.4 is 4.74 Å². The SMILES string of the molecule is O=C1OC(c2cc([N+](=O)[O-])ccc2Cl)=N/C1=C\c1cc(Br)c(OC(=O)c2ccccc2Cl)c(Br)c1. The topological polar surface area (TPSA) is 108 Å². The highest BCUT2D eigenvalue weighted by Crippen LogP contribution is 2.37. The molecule has 4 rings (SSSR count). The first-order valence-electron chi connectivity index (χ1n) is 9.56. The number of esters is 2. The monoisotopic (exact) mass is 638 g/mol. The van der Waals surface area contributed by atoms with Crippen molar-refractivity contribution in [3.05, 3.63) is 106 Å². The molecule has 176 valence electrons. The summed E-state index contributed by atoms with van der Waals surface area (Å²) < 4.78 is 11.5. The Bertz CT molecular complexity index is 1450. The molecule has 0 amide bonds. The van der Waals surface area contributed by atoms with Crippen LogP contribution in [0.2, 0.25) is 10.0 Å². The first kappa shape index (κ1) is 25.1. The number of carbonyl (C=O) groups is 2. The number of hydrogen-bond acceptors (Lipinski definition) is 7. The molecule has 0 spiro atoms. The zero-order chi connectivity index (χ0) is 25.3. The van der Waals surface area contributed by atoms with Gasteiger partial charge in [0.25, 0.3) is 5.69 Å². The van der Waals surface area contributed by atoms with Gasteiger partial charge in [-0.05, 0) is 73.8 Å². The Morgan fingerprint density at radius 1 is 1.06 bits per heavy atom. The molecule has 8 nitrogen and oxygen atoms in total. The maximum atomic E-state index is 12.5. The Morgan fingerprint density at radius 3 is 2.40 bits per heavy atom. The van der Waals surface area contributed by atoms with Crippen molar-refractivity contribution in [1.82, 2.24) is 0 Å². The Labute approximate surface area is 224 Å². The minimum absolute atomic E-state index is 0.0535. The van der Waals surface area contributed by atoms with Crippen molar-refractivity contribution in [2.75, 3.05) is 0 Å². The van der Waals surface area contributed by atoms with Crippen LogP contribution >= 0.6 is 55.1 Å². The van der Waals surface area contributed by atoms with Crippen LogP contribution in [0.15, 0.2) is 74.2 Å². The minimum Gasteiger partial charge on any atom is -0.420 e. The van der Waals surface area contributed by atoms with Crippen LogP contribution in [0.5, 0.6) is 5.75 Å². The van der Waals surface area contributed by atoms with Gasteiger partial charge in [-0.25, -0.2) is 14.6 Å². The molecule has 0 saturated heterocycles. The summed E-state index contributed by atoms with van der Waals surface area (Å²) in [6.07, 6.45) is 1.44. The van der Waals surface area contributed by atoms with Crippen LogP contribution in [-0.2, 0) is 9.53 Å². The summed E-state index contributed by atoms with van der Waals surface area (Å²) in [7, 11) is 0. The lowest BCUT2D eigenvalue weighted by molar-refractivity contribution is -0.384. The van der Waals surface area contributed by atoms with Gasteiger partial charge in [0.05, 0.1) is 35.0 Å². The second kappa shape index (κ2) is 10.3. The molecule has 0 N–H and O–H groups in total. The van der Waals surface area contributed by atoms with Crippen LogP contribution in [0.1, 0.15) is 21.5 Å². The molecule has 1 heterocycles. The molecule has 0 unspecified atom stereocenters. The predicted molar refractivity (Wildman–Crippen MR) is 137 cm³/mol. The van der Waals surface area contributed by atoms with Gasteiger partial charge in [0.1, 0.15) is 0 Å². The van der Waals surface area contributed by atoms with Crippen molar-refractivity contribution >= 4 is 84.7 Å². The fourth-order valence-electron chi connectivity index (χ4n) is 3.01. The standard InChI is InChI=1S/C23H10Br2Cl2N2O6/c24-15-7-11(8-16(25)20(15)34-22(30)13-3-1-2-4-17(13)26)9-19-23(31)35-21(28-19)14-10-12(29(32)33)5-6-18(14)27/h1-10H/b19-9-. The van der Waals surface area contributed by atoms with E-state index >= 15 is 0 Å². The molecule has 35 heavy (non-hydrogen) atoms. The van der Waals surface area contributed by atoms with E-state index in [0.29, 0.717) is 14.5 Å². The number of carbonyl (C=O) groups excluding carboxylic acids is 2. The van der Waals surface area contributed by atoms with E-state index in [4.69, 9.17) is 32.7 Å². The van der Waals surface area contributed by atoms with Gasteiger partial charge in [-0.15, -0.1) is 0 Å². The molecule has 1 aliphatic rings. The van der Waals surface area contributed by atoms with Crippen LogP contribution in [0.4, 0.5) is 5.69 Å². The average molecular weight is 641 g/mol. The molecule has 3 aromatic carbocycles.